The van der Waals surface area contributed by atoms with Crippen molar-refractivity contribution in [2.75, 3.05) is 126 Å². The number of anilines is 5. The summed E-state index contributed by atoms with van der Waals surface area (Å²) in [6.07, 6.45) is 9.41. The smallest absolute Gasteiger partial charge is 0.311 e. The van der Waals surface area contributed by atoms with E-state index in [9.17, 15) is 77.1 Å². The number of benzene rings is 8. The second-order valence-electron chi connectivity index (χ2n) is 32.6. The summed E-state index contributed by atoms with van der Waals surface area (Å²) in [5.41, 5.74) is 16.3. The summed E-state index contributed by atoms with van der Waals surface area (Å²) >= 11 is -6.52. The Morgan fingerprint density at radius 1 is 0.436 bits per heavy atom. The van der Waals surface area contributed by atoms with Crippen LogP contribution in [0.2, 0.25) is 0 Å². The number of nitrogens with one attached hydrogen (secondary N) is 9. The molecule has 32 nitrogen and oxygen atoms in total. The Hall–Kier alpha value is -12.6. The number of halogens is 6. The second kappa shape index (κ2) is 50.9. The molecule has 3 heterocycles. The number of phenolic OH excluding ortho intramolecular Hbond substituents is 1. The molecule has 714 valence electrons. The minimum atomic E-state index is -2.29. The third-order valence-electron chi connectivity index (χ3n) is 21.2. The first kappa shape index (κ1) is 104. The normalized spacial score (nSPS) is 16.4. The van der Waals surface area contributed by atoms with Gasteiger partial charge in [-0.1, -0.05) is 133 Å². The van der Waals surface area contributed by atoms with Gasteiger partial charge >= 0.3 is 5.69 Å². The van der Waals surface area contributed by atoms with Crippen molar-refractivity contribution >= 4 is 104 Å². The molecule has 133 heavy (non-hydrogen) atoms. The van der Waals surface area contributed by atoms with Gasteiger partial charge in [0.1, 0.15) is 76.7 Å². The molecule has 8 aromatic carbocycles. The number of ether oxygens (including phenoxy) is 5. The average molecular weight is 1900 g/mol. The van der Waals surface area contributed by atoms with Crippen LogP contribution in [-0.2, 0) is 92.3 Å². The Morgan fingerprint density at radius 2 is 0.722 bits per heavy atom. The van der Waals surface area contributed by atoms with E-state index in [-0.39, 0.29) is 97.3 Å². The van der Waals surface area contributed by atoms with Crippen LogP contribution in [0.5, 0.6) is 17.2 Å². The summed E-state index contributed by atoms with van der Waals surface area (Å²) in [6, 6.07) is 40.9. The Kier molecular flexibility index (Phi) is 39.8. The summed E-state index contributed by atoms with van der Waals surface area (Å²) in [6.45, 7) is 16.1. The molecule has 3 unspecified atom stereocenters. The molecule has 14 N–H and O–H groups in total. The van der Waals surface area contributed by atoms with Gasteiger partial charge in [-0.25, -0.2) is 26.3 Å². The highest BCUT2D eigenvalue weighted by Crippen LogP contribution is 2.47. The predicted molar refractivity (Wildman–Crippen MR) is 491 cm³/mol. The quantitative estimate of drug-likeness (QED) is 0.00205. The summed E-state index contributed by atoms with van der Waals surface area (Å²) in [5.74, 6) is -6.28. The number of nitrogens with two attached hydrogens (primary N) is 2. The van der Waals surface area contributed by atoms with Crippen molar-refractivity contribution in [3.8, 4) is 17.2 Å². The number of hydrogen-bond acceptors (Lipinski definition) is 28. The molecule has 8 aromatic rings. The van der Waals surface area contributed by atoms with E-state index in [1.165, 1.54) is 36.4 Å². The van der Waals surface area contributed by atoms with Gasteiger partial charge in [-0.3, -0.25) is 37.1 Å². The van der Waals surface area contributed by atoms with E-state index in [0.29, 0.717) is 111 Å². The van der Waals surface area contributed by atoms with E-state index < -0.39 is 90.8 Å². The SMILES string of the molecule is CC1(CO/C(C(=O)Nc2cc(F)cc(F)c2)=C(/C=N)N2CCNCC2)CC1.CC1(CO/C(C(=O)Nc2cc(F)cc(F)c2)=C(/C=N)N2CCNCC2)CC1.CC1(CO/C(C(=O)Nc2cc(F)cc(F)c2)=C(/C=N)N2CCNCC2)CC1.Nc1cc(CS(=O)[O-])ccc1O.Nc1cc(CS(=O)[O-])ccc1OCc1ccccc1.O=[N+]([O-])c1cc(CS(=O)[O-])ccc1OCc1ccccc1. The first-order valence-corrected chi connectivity index (χ1v) is 45.8. The predicted octanol–water partition coefficient (Wildman–Crippen LogP) is 12.6. The largest absolute Gasteiger partial charge is 0.772 e. The number of rotatable bonds is 34. The zero-order chi connectivity index (χ0) is 96.4. The zero-order valence-electron chi connectivity index (χ0n) is 73.2. The van der Waals surface area contributed by atoms with Crippen LogP contribution >= 0.6 is 0 Å². The lowest BCUT2D eigenvalue weighted by Gasteiger charge is -2.31. The fourth-order valence-electron chi connectivity index (χ4n) is 12.9. The van der Waals surface area contributed by atoms with Crippen molar-refractivity contribution in [2.45, 2.75) is 89.8 Å². The van der Waals surface area contributed by atoms with Crippen molar-refractivity contribution in [1.29, 1.82) is 16.2 Å². The lowest BCUT2D eigenvalue weighted by atomic mass is 10.2. The number of aromatic hydroxyl groups is 1. The van der Waals surface area contributed by atoms with Crippen molar-refractivity contribution in [2.24, 2.45) is 16.2 Å². The van der Waals surface area contributed by atoms with E-state index >= 15 is 0 Å². The molecular formula is C92H106F6N15O17S3-3. The maximum atomic E-state index is 13.4. The molecule has 0 aromatic heterocycles. The van der Waals surface area contributed by atoms with Gasteiger partial charge in [0, 0.05) is 172 Å². The van der Waals surface area contributed by atoms with Crippen molar-refractivity contribution in [3.05, 3.63) is 277 Å². The average Bonchev–Trinajstić information content (AvgIpc) is 1.44. The maximum absolute atomic E-state index is 13.4. The van der Waals surface area contributed by atoms with Gasteiger partial charge in [-0.2, -0.15) is 0 Å². The number of allylic oxidation sites excluding steroid dienone is 3. The molecule has 3 aliphatic carbocycles. The number of nitrogens with zero attached hydrogens (tertiary/aromatic N) is 4. The Balaban J connectivity index is 0.000000182. The standard InChI is InChI=1S/3C19H24F2N4O2.C14H13NO5S.C14H15NO3S.C7H9NO3S/c3*1-19(2-3-19)12-27-17(16(11-22)25-6-4-23-5-7-25)18(26)24-15-9-13(20)8-14(21)10-15;16-15(17)13-8-12(10-21(18)19)6-7-14(13)20-9-11-4-2-1-3-5-11;15-13-8-12(10-19(16)17)6-7-14(13)18-9-11-4-2-1-3-5-11;8-6-3-5(4-12(10)11)1-2-7(6)9/h3*8-11,22-23H,2-7,12H2,1H3,(H,24,26);1-8H,9-10H2,(H,18,19);1-8H,9-10,15H2,(H,16,17);1-3,9H,4,8H2,(H,10,11)/p-3/b3*17-16-,22-11?;;;. The fraction of sp³-hybridized carbons (Fsp3) is 0.348. The van der Waals surface area contributed by atoms with Gasteiger partial charge in [-0.05, 0) is 133 Å². The van der Waals surface area contributed by atoms with Gasteiger partial charge in [0.2, 0.25) is 17.3 Å². The van der Waals surface area contributed by atoms with Crippen LogP contribution in [0, 0.1) is 77.5 Å². The molecule has 6 aliphatic rings. The fourth-order valence-corrected chi connectivity index (χ4v) is 14.3. The van der Waals surface area contributed by atoms with Gasteiger partial charge in [0.25, 0.3) is 17.7 Å². The van der Waals surface area contributed by atoms with Crippen LogP contribution in [0.25, 0.3) is 0 Å². The third-order valence-corrected chi connectivity index (χ3v) is 22.9. The summed E-state index contributed by atoms with van der Waals surface area (Å²) in [5, 5.41) is 60.5. The monoisotopic (exact) mass is 1900 g/mol. The highest BCUT2D eigenvalue weighted by Gasteiger charge is 2.42. The summed E-state index contributed by atoms with van der Waals surface area (Å²) in [4.78, 5) is 54.7. The number of carbonyl (C=O) groups excluding carboxylic acids is 3. The minimum Gasteiger partial charge on any atom is -0.772 e. The summed E-state index contributed by atoms with van der Waals surface area (Å²) in [7, 11) is 0. The van der Waals surface area contributed by atoms with E-state index in [2.05, 4.69) is 52.7 Å². The molecule has 0 radical (unpaired) electrons. The van der Waals surface area contributed by atoms with E-state index in [0.717, 1.165) is 162 Å². The van der Waals surface area contributed by atoms with Crippen molar-refractivity contribution < 1.29 is 101 Å². The highest BCUT2D eigenvalue weighted by molar-refractivity contribution is 7.78. The van der Waals surface area contributed by atoms with Gasteiger partial charge in [0.15, 0.2) is 5.75 Å². The Bertz CT molecular complexity index is 5170. The molecule has 14 rings (SSSR count). The van der Waals surface area contributed by atoms with Crippen LogP contribution in [0.1, 0.15) is 87.1 Å². The van der Waals surface area contributed by atoms with Crippen molar-refractivity contribution in [1.82, 2.24) is 30.7 Å². The molecule has 6 fully saturated rings. The molecule has 3 saturated carbocycles. The van der Waals surface area contributed by atoms with E-state index in [1.807, 2.05) is 75.4 Å². The molecule has 3 atom stereocenters. The number of hydrogen-bond donors (Lipinski definition) is 12. The van der Waals surface area contributed by atoms with Crippen LogP contribution in [0.15, 0.2) is 204 Å². The summed E-state index contributed by atoms with van der Waals surface area (Å²) < 4.78 is 172. The topological polar surface area (TPSA) is 487 Å². The molecule has 3 aliphatic heterocycles. The van der Waals surface area contributed by atoms with Crippen LogP contribution < -0.4 is 52.8 Å². The Labute approximate surface area is 773 Å². The number of nitro groups is 1. The number of carbonyl (C=O) groups is 3. The van der Waals surface area contributed by atoms with Gasteiger partial charge < -0.3 is 117 Å². The highest BCUT2D eigenvalue weighted by atomic mass is 32.2. The van der Waals surface area contributed by atoms with Gasteiger partial charge in [-0.15, -0.1) is 0 Å². The van der Waals surface area contributed by atoms with Crippen LogP contribution in [-0.4, -0.2) is 186 Å². The molecule has 3 saturated heterocycles. The first-order chi connectivity index (χ1) is 63.5. The van der Waals surface area contributed by atoms with Crippen LogP contribution in [0.3, 0.4) is 0 Å². The molecule has 0 bridgehead atoms. The zero-order valence-corrected chi connectivity index (χ0v) is 75.6. The first-order valence-electron chi connectivity index (χ1n) is 42.1. The van der Waals surface area contributed by atoms with Gasteiger partial charge in [0.05, 0.1) is 36.1 Å². The van der Waals surface area contributed by atoms with E-state index in [1.54, 1.807) is 18.2 Å². The molecule has 0 spiro atoms. The van der Waals surface area contributed by atoms with Crippen LogP contribution in [0.4, 0.5) is 60.5 Å². The third kappa shape index (κ3) is 35.5. The molecular weight excluding hydrogens is 1800 g/mol. The lowest BCUT2D eigenvalue weighted by Crippen LogP contribution is -2.44. The Morgan fingerprint density at radius 3 is 1.00 bits per heavy atom. The number of nitro benzene ring substituents is 1. The lowest BCUT2D eigenvalue weighted by molar-refractivity contribution is -0.386. The number of amides is 3. The minimum absolute atomic E-state index is 0.000810. The second-order valence-corrected chi connectivity index (χ2v) is 35.3. The molecule has 3 amide bonds. The van der Waals surface area contributed by atoms with E-state index in [4.69, 9.17) is 56.5 Å². The number of nitrogen functional groups attached to an aromatic ring is 2. The number of piperazine rings is 3. The number of phenols is 1. The van der Waals surface area contributed by atoms with Crippen molar-refractivity contribution in [3.63, 3.8) is 0 Å². The maximum Gasteiger partial charge on any atom is 0.311 e. The molecule has 41 heteroatoms.